The molecule has 1 aromatic carbocycles. The highest BCUT2D eigenvalue weighted by molar-refractivity contribution is 5.88. The normalized spacial score (nSPS) is 28.1. The van der Waals surface area contributed by atoms with Gasteiger partial charge >= 0.3 is 11.7 Å². The van der Waals surface area contributed by atoms with Crippen LogP contribution in [0.3, 0.4) is 0 Å². The molecule has 3 fully saturated rings. The number of hydrogen-bond acceptors (Lipinski definition) is 7. The fraction of sp³-hybridized carbons (Fsp3) is 0.542. The van der Waals surface area contributed by atoms with Crippen molar-refractivity contribution in [3.63, 3.8) is 0 Å². The number of nitrogens with one attached hydrogen (secondary N) is 2. The monoisotopic (exact) mass is 465 g/mol. The van der Waals surface area contributed by atoms with E-state index >= 15 is 0 Å². The lowest BCUT2D eigenvalue weighted by molar-refractivity contribution is 0.125. The first-order valence-corrected chi connectivity index (χ1v) is 12.1. The second-order valence-corrected chi connectivity index (χ2v) is 9.99. The maximum atomic E-state index is 12.7. The Labute approximate surface area is 198 Å². The molecular weight excluding hydrogens is 434 g/mol. The molecule has 3 aliphatic heterocycles. The van der Waals surface area contributed by atoms with Gasteiger partial charge in [0.25, 0.3) is 0 Å². The Morgan fingerprint density at radius 2 is 2.15 bits per heavy atom. The minimum atomic E-state index is -0.449. The van der Waals surface area contributed by atoms with Gasteiger partial charge in [-0.05, 0) is 48.4 Å². The fourth-order valence-corrected chi connectivity index (χ4v) is 5.68. The van der Waals surface area contributed by atoms with E-state index in [2.05, 4.69) is 20.5 Å². The minimum absolute atomic E-state index is 0.240. The van der Waals surface area contributed by atoms with Gasteiger partial charge in [0.15, 0.2) is 0 Å². The Hall–Kier alpha value is -2.95. The molecule has 0 spiro atoms. The lowest BCUT2D eigenvalue weighted by Crippen LogP contribution is -2.48. The van der Waals surface area contributed by atoms with Crippen molar-refractivity contribution in [2.75, 3.05) is 57.7 Å². The number of hydrogen-bond donors (Lipinski definition) is 3. The number of fused-ring (bicyclic) bond motifs is 2. The van der Waals surface area contributed by atoms with Crippen LogP contribution in [0.1, 0.15) is 12.0 Å². The molecule has 2 amide bonds. The fourth-order valence-electron chi connectivity index (χ4n) is 5.68. The number of piperazine rings is 1. The number of carbonyl (C=O) groups excluding carboxylic acids is 1. The number of anilines is 1. The first-order chi connectivity index (χ1) is 16.5. The van der Waals surface area contributed by atoms with E-state index in [-0.39, 0.29) is 11.8 Å². The molecule has 3 atom stereocenters. The van der Waals surface area contributed by atoms with Gasteiger partial charge in [-0.1, -0.05) is 6.07 Å². The predicted molar refractivity (Wildman–Crippen MR) is 127 cm³/mol. The van der Waals surface area contributed by atoms with E-state index in [1.54, 1.807) is 17.2 Å². The molecule has 34 heavy (non-hydrogen) atoms. The quantitative estimate of drug-likeness (QED) is 0.593. The van der Waals surface area contributed by atoms with E-state index in [0.29, 0.717) is 36.8 Å². The van der Waals surface area contributed by atoms with E-state index < -0.39 is 5.69 Å². The molecule has 0 radical (unpaired) electrons. The van der Waals surface area contributed by atoms with Gasteiger partial charge in [0.05, 0.1) is 5.69 Å². The van der Waals surface area contributed by atoms with Crippen molar-refractivity contribution in [2.24, 2.45) is 17.1 Å². The molecule has 4 aliphatic rings. The third kappa shape index (κ3) is 3.85. The van der Waals surface area contributed by atoms with Crippen LogP contribution in [-0.2, 0) is 6.42 Å². The molecule has 180 valence electrons. The number of aromatic nitrogens is 2. The van der Waals surface area contributed by atoms with Gasteiger partial charge in [-0.3, -0.25) is 14.8 Å². The highest BCUT2D eigenvalue weighted by Gasteiger charge is 2.59. The van der Waals surface area contributed by atoms with Crippen molar-refractivity contribution in [2.45, 2.75) is 18.9 Å². The van der Waals surface area contributed by atoms with Crippen LogP contribution in [0.15, 0.2) is 35.3 Å². The summed E-state index contributed by atoms with van der Waals surface area (Å²) in [5, 5.41) is 5.93. The zero-order valence-electron chi connectivity index (χ0n) is 19.2. The zero-order chi connectivity index (χ0) is 23.3. The van der Waals surface area contributed by atoms with Crippen LogP contribution in [0.4, 0.5) is 10.6 Å². The van der Waals surface area contributed by atoms with Crippen LogP contribution in [0.5, 0.6) is 5.75 Å². The smallest absolute Gasteiger partial charge is 0.354 e. The summed E-state index contributed by atoms with van der Waals surface area (Å²) in [5.74, 6) is 1.82. The molecule has 1 aromatic heterocycles. The van der Waals surface area contributed by atoms with Gasteiger partial charge in [-0.15, -0.1) is 0 Å². The maximum absolute atomic E-state index is 12.7. The minimum Gasteiger partial charge on any atom is -0.492 e. The van der Waals surface area contributed by atoms with Gasteiger partial charge in [0.2, 0.25) is 0 Å². The van der Waals surface area contributed by atoms with E-state index in [1.165, 1.54) is 11.0 Å². The molecule has 4 N–H and O–H groups in total. The average Bonchev–Trinajstić information content (AvgIpc) is 3.43. The highest BCUT2D eigenvalue weighted by atomic mass is 16.5. The van der Waals surface area contributed by atoms with Crippen LogP contribution >= 0.6 is 0 Å². The molecule has 1 aliphatic carbocycles. The third-order valence-corrected chi connectivity index (χ3v) is 7.91. The van der Waals surface area contributed by atoms with E-state index in [0.717, 1.165) is 56.4 Å². The molecule has 4 heterocycles. The van der Waals surface area contributed by atoms with Crippen molar-refractivity contribution in [3.05, 3.63) is 46.5 Å². The van der Waals surface area contributed by atoms with Crippen LogP contribution in [-0.4, -0.2) is 83.8 Å². The van der Waals surface area contributed by atoms with Crippen LogP contribution < -0.4 is 26.8 Å². The second kappa shape index (κ2) is 8.37. The standard InChI is InChI=1S/C24H31N7O3/c25-14-24-11-17(24)12-30(15-24)19-9-16-1-2-18(10-20(16)34-13-19)31-6-3-21(28-23(31)33)27-22(32)29-7-4-26-5-8-29/h1-3,6,10,17,19,26H,4-5,7-9,11-15,25H2,(H,27,28,32,33). The number of ether oxygens (including phenoxy) is 1. The molecule has 2 aromatic rings. The number of likely N-dealkylation sites (tertiary alicyclic amines) is 1. The van der Waals surface area contributed by atoms with Gasteiger partial charge in [0.1, 0.15) is 18.2 Å². The molecule has 10 heteroatoms. The maximum Gasteiger partial charge on any atom is 0.354 e. The van der Waals surface area contributed by atoms with Crippen molar-refractivity contribution in [3.8, 4) is 11.4 Å². The Bertz CT molecular complexity index is 1160. The number of piperidine rings is 1. The summed E-state index contributed by atoms with van der Waals surface area (Å²) in [6.45, 7) is 6.41. The van der Waals surface area contributed by atoms with Crippen molar-refractivity contribution in [1.82, 2.24) is 24.7 Å². The topological polar surface area (TPSA) is 118 Å². The molecule has 10 nitrogen and oxygen atoms in total. The summed E-state index contributed by atoms with van der Waals surface area (Å²) in [4.78, 5) is 33.4. The Kier molecular flexibility index (Phi) is 5.31. The number of urea groups is 1. The number of rotatable bonds is 4. The lowest BCUT2D eigenvalue weighted by atomic mass is 10.00. The van der Waals surface area contributed by atoms with Crippen molar-refractivity contribution < 1.29 is 9.53 Å². The molecule has 1 saturated carbocycles. The summed E-state index contributed by atoms with van der Waals surface area (Å²) in [7, 11) is 0. The Morgan fingerprint density at radius 3 is 2.91 bits per heavy atom. The summed E-state index contributed by atoms with van der Waals surface area (Å²) >= 11 is 0. The Morgan fingerprint density at radius 1 is 1.29 bits per heavy atom. The van der Waals surface area contributed by atoms with E-state index in [4.69, 9.17) is 10.5 Å². The van der Waals surface area contributed by atoms with Crippen LogP contribution in [0.25, 0.3) is 5.69 Å². The van der Waals surface area contributed by atoms with Crippen molar-refractivity contribution >= 4 is 11.8 Å². The van der Waals surface area contributed by atoms with Gasteiger partial charge in [0, 0.05) is 57.6 Å². The number of carbonyl (C=O) groups is 1. The van der Waals surface area contributed by atoms with E-state index in [1.807, 2.05) is 18.2 Å². The van der Waals surface area contributed by atoms with Crippen molar-refractivity contribution in [1.29, 1.82) is 0 Å². The third-order valence-electron chi connectivity index (χ3n) is 7.91. The largest absolute Gasteiger partial charge is 0.492 e. The molecule has 6 rings (SSSR count). The van der Waals surface area contributed by atoms with Crippen LogP contribution in [0.2, 0.25) is 0 Å². The van der Waals surface area contributed by atoms with E-state index in [9.17, 15) is 9.59 Å². The summed E-state index contributed by atoms with van der Waals surface area (Å²) < 4.78 is 7.60. The van der Waals surface area contributed by atoms with Gasteiger partial charge in [-0.25, -0.2) is 9.59 Å². The summed E-state index contributed by atoms with van der Waals surface area (Å²) in [5.41, 5.74) is 7.77. The number of nitrogens with zero attached hydrogens (tertiary/aromatic N) is 4. The first kappa shape index (κ1) is 21.6. The predicted octanol–water partition coefficient (Wildman–Crippen LogP) is 0.254. The number of nitrogens with two attached hydrogens (primary N) is 1. The molecule has 2 saturated heterocycles. The first-order valence-electron chi connectivity index (χ1n) is 12.1. The molecular formula is C24H31N7O3. The average molecular weight is 466 g/mol. The molecule has 3 unspecified atom stereocenters. The molecule has 0 bridgehead atoms. The summed E-state index contributed by atoms with van der Waals surface area (Å²) in [6.07, 6.45) is 3.85. The summed E-state index contributed by atoms with van der Waals surface area (Å²) in [6, 6.07) is 7.64. The SMILES string of the molecule is NCC12CC1CN(C1COc3cc(-n4ccc(NC(=O)N5CCNCC5)nc4=O)ccc3C1)C2. The Balaban J connectivity index is 1.13. The van der Waals surface area contributed by atoms with Gasteiger partial charge < -0.3 is 20.7 Å². The lowest BCUT2D eigenvalue weighted by Gasteiger charge is -2.34. The number of benzene rings is 1. The number of amides is 2. The zero-order valence-corrected chi connectivity index (χ0v) is 19.2. The highest BCUT2D eigenvalue weighted by Crippen LogP contribution is 2.57. The van der Waals surface area contributed by atoms with Gasteiger partial charge in [-0.2, -0.15) is 4.98 Å². The van der Waals surface area contributed by atoms with Crippen LogP contribution in [0, 0.1) is 11.3 Å². The second-order valence-electron chi connectivity index (χ2n) is 9.99.